The van der Waals surface area contributed by atoms with Crippen molar-refractivity contribution < 1.29 is 14.6 Å². The number of carbonyl (C=O) groups is 1. The smallest absolute Gasteiger partial charge is 0.275 e. The maximum Gasteiger partial charge on any atom is 0.275 e. The Morgan fingerprint density at radius 2 is 1.50 bits per heavy atom. The Morgan fingerprint density at radius 3 is 2.09 bits per heavy atom. The van der Waals surface area contributed by atoms with E-state index in [4.69, 9.17) is 17.0 Å². The number of ether oxygens (including phenoxy) is 1. The maximum atomic E-state index is 13.4. The third-order valence-corrected chi connectivity index (χ3v) is 5.18. The molecular formula is C24H19N3O4S. The largest absolute Gasteiger partial charge is 0.497 e. The predicted molar refractivity (Wildman–Crippen MR) is 125 cm³/mol. The topological polar surface area (TPSA) is 85.5 Å². The minimum Gasteiger partial charge on any atom is -0.497 e. The second kappa shape index (κ2) is 8.91. The van der Waals surface area contributed by atoms with Gasteiger partial charge in [-0.05, 0) is 48.6 Å². The van der Waals surface area contributed by atoms with Crippen LogP contribution in [0.1, 0.15) is 10.4 Å². The van der Waals surface area contributed by atoms with Crippen molar-refractivity contribution >= 4 is 23.8 Å². The summed E-state index contributed by atoms with van der Waals surface area (Å²) in [6.07, 6.45) is 0. The van der Waals surface area contributed by atoms with E-state index in [1.807, 2.05) is 6.07 Å². The molecule has 8 heteroatoms. The van der Waals surface area contributed by atoms with Crippen molar-refractivity contribution in [2.24, 2.45) is 0 Å². The molecule has 0 spiro atoms. The van der Waals surface area contributed by atoms with Gasteiger partial charge in [0.1, 0.15) is 5.75 Å². The number of nitrogens with zero attached hydrogens (tertiary/aromatic N) is 2. The van der Waals surface area contributed by atoms with Crippen LogP contribution in [0.25, 0.3) is 11.4 Å². The van der Waals surface area contributed by atoms with E-state index in [1.165, 1.54) is 16.2 Å². The van der Waals surface area contributed by atoms with Gasteiger partial charge in [-0.1, -0.05) is 42.5 Å². The number of rotatable bonds is 5. The first-order chi connectivity index (χ1) is 15.5. The van der Waals surface area contributed by atoms with E-state index >= 15 is 0 Å². The van der Waals surface area contributed by atoms with E-state index in [0.717, 1.165) is 0 Å². The number of carbonyl (C=O) groups excluding carboxylic acids is 1. The van der Waals surface area contributed by atoms with Crippen LogP contribution in [0.15, 0.2) is 89.7 Å². The van der Waals surface area contributed by atoms with Crippen LogP contribution in [0.3, 0.4) is 0 Å². The Hall–Kier alpha value is -4.17. The molecule has 0 saturated heterocycles. The standard InChI is InChI=1S/C24H19N3O4S/c1-31-19-14-8-9-16(15-19)25-21(28)20-22(29)26(17-10-4-2-5-11-17)24(32)27(23(20)30)18-12-6-3-7-13-18/h2-15,29H,1H3,(H,25,28). The number of hydrogen-bond donors (Lipinski definition) is 2. The van der Waals surface area contributed by atoms with Gasteiger partial charge < -0.3 is 15.2 Å². The highest BCUT2D eigenvalue weighted by Gasteiger charge is 2.24. The third-order valence-electron chi connectivity index (χ3n) is 4.82. The third kappa shape index (κ3) is 3.91. The monoisotopic (exact) mass is 445 g/mol. The molecule has 0 fully saturated rings. The lowest BCUT2D eigenvalue weighted by Crippen LogP contribution is -2.32. The van der Waals surface area contributed by atoms with Crippen LogP contribution >= 0.6 is 12.2 Å². The van der Waals surface area contributed by atoms with E-state index in [-0.39, 0.29) is 4.77 Å². The van der Waals surface area contributed by atoms with E-state index in [9.17, 15) is 14.7 Å². The zero-order valence-corrected chi connectivity index (χ0v) is 17.9. The quantitative estimate of drug-likeness (QED) is 0.447. The van der Waals surface area contributed by atoms with E-state index < -0.39 is 22.9 Å². The lowest BCUT2D eigenvalue weighted by molar-refractivity contribution is 0.102. The summed E-state index contributed by atoms with van der Waals surface area (Å²) < 4.78 is 7.73. The molecule has 4 rings (SSSR count). The minimum absolute atomic E-state index is 0.0304. The molecule has 1 aromatic heterocycles. The first-order valence-corrected chi connectivity index (χ1v) is 10.1. The van der Waals surface area contributed by atoms with E-state index in [2.05, 4.69) is 5.32 Å². The summed E-state index contributed by atoms with van der Waals surface area (Å²) >= 11 is 5.56. The number of benzene rings is 3. The average Bonchev–Trinajstić information content (AvgIpc) is 2.80. The normalized spacial score (nSPS) is 10.5. The van der Waals surface area contributed by atoms with Crippen LogP contribution in [0, 0.1) is 4.77 Å². The highest BCUT2D eigenvalue weighted by Crippen LogP contribution is 2.24. The van der Waals surface area contributed by atoms with Gasteiger partial charge >= 0.3 is 0 Å². The highest BCUT2D eigenvalue weighted by molar-refractivity contribution is 7.71. The molecule has 0 bridgehead atoms. The van der Waals surface area contributed by atoms with Crippen molar-refractivity contribution in [1.29, 1.82) is 0 Å². The van der Waals surface area contributed by atoms with Crippen molar-refractivity contribution in [2.75, 3.05) is 12.4 Å². The molecule has 3 aromatic carbocycles. The Morgan fingerprint density at radius 1 is 0.906 bits per heavy atom. The molecule has 1 amide bonds. The second-order valence-corrected chi connectivity index (χ2v) is 7.18. The SMILES string of the molecule is COc1cccc(NC(=O)c2c(O)n(-c3ccccc3)c(=S)n(-c3ccccc3)c2=O)c1. The fraction of sp³-hybridized carbons (Fsp3) is 0.0417. The van der Waals surface area contributed by atoms with Crippen molar-refractivity contribution in [2.45, 2.75) is 0 Å². The molecule has 32 heavy (non-hydrogen) atoms. The van der Waals surface area contributed by atoms with Gasteiger partial charge in [0.15, 0.2) is 10.3 Å². The zero-order chi connectivity index (χ0) is 22.7. The van der Waals surface area contributed by atoms with Crippen LogP contribution in [0.5, 0.6) is 11.6 Å². The maximum absolute atomic E-state index is 13.4. The highest BCUT2D eigenvalue weighted by atomic mass is 32.1. The van der Waals surface area contributed by atoms with Crippen LogP contribution in [-0.4, -0.2) is 27.3 Å². The lowest BCUT2D eigenvalue weighted by atomic mass is 10.2. The number of aromatic nitrogens is 2. The van der Waals surface area contributed by atoms with Gasteiger partial charge in [0.25, 0.3) is 11.5 Å². The first kappa shape index (κ1) is 21.1. The van der Waals surface area contributed by atoms with Gasteiger partial charge in [-0.3, -0.25) is 18.7 Å². The molecule has 0 radical (unpaired) electrons. The molecule has 1 heterocycles. The van der Waals surface area contributed by atoms with Gasteiger partial charge in [-0.2, -0.15) is 0 Å². The minimum atomic E-state index is -0.773. The molecule has 0 saturated carbocycles. The van der Waals surface area contributed by atoms with Crippen molar-refractivity contribution in [3.8, 4) is 23.0 Å². The van der Waals surface area contributed by atoms with Crippen LogP contribution in [0.2, 0.25) is 0 Å². The second-order valence-electron chi connectivity index (χ2n) is 6.81. The van der Waals surface area contributed by atoms with Gasteiger partial charge in [0, 0.05) is 11.8 Å². The van der Waals surface area contributed by atoms with Gasteiger partial charge in [0.2, 0.25) is 5.88 Å². The summed E-state index contributed by atoms with van der Waals surface area (Å²) in [5, 5.41) is 13.7. The summed E-state index contributed by atoms with van der Waals surface area (Å²) in [5.41, 5.74) is 0.228. The summed E-state index contributed by atoms with van der Waals surface area (Å²) in [5.74, 6) is -0.780. The zero-order valence-electron chi connectivity index (χ0n) is 17.1. The van der Waals surface area contributed by atoms with Gasteiger partial charge in [-0.25, -0.2) is 0 Å². The lowest BCUT2D eigenvalue weighted by Gasteiger charge is -2.17. The fourth-order valence-electron chi connectivity index (χ4n) is 3.30. The van der Waals surface area contributed by atoms with E-state index in [0.29, 0.717) is 22.8 Å². The number of amides is 1. The number of aromatic hydroxyl groups is 1. The molecule has 0 aliphatic carbocycles. The Balaban J connectivity index is 1.95. The molecule has 7 nitrogen and oxygen atoms in total. The summed E-state index contributed by atoms with van der Waals surface area (Å²) in [7, 11) is 1.51. The van der Waals surface area contributed by atoms with E-state index in [1.54, 1.807) is 78.9 Å². The Bertz CT molecular complexity index is 1400. The molecular weight excluding hydrogens is 426 g/mol. The van der Waals surface area contributed by atoms with Crippen LogP contribution in [-0.2, 0) is 0 Å². The van der Waals surface area contributed by atoms with Crippen molar-refractivity contribution in [3.63, 3.8) is 0 Å². The Kier molecular flexibility index (Phi) is 5.87. The van der Waals surface area contributed by atoms with Crippen LogP contribution < -0.4 is 15.6 Å². The fourth-order valence-corrected chi connectivity index (χ4v) is 3.68. The van der Waals surface area contributed by atoms with Crippen molar-refractivity contribution in [3.05, 3.63) is 106 Å². The predicted octanol–water partition coefficient (Wildman–Crippen LogP) is 4.32. The van der Waals surface area contributed by atoms with Gasteiger partial charge in [-0.15, -0.1) is 0 Å². The molecule has 2 N–H and O–H groups in total. The number of nitrogens with one attached hydrogen (secondary N) is 1. The van der Waals surface area contributed by atoms with Gasteiger partial charge in [0.05, 0.1) is 18.5 Å². The number of para-hydroxylation sites is 2. The number of anilines is 1. The molecule has 0 aliphatic heterocycles. The molecule has 4 aromatic rings. The molecule has 0 unspecified atom stereocenters. The number of hydrogen-bond acceptors (Lipinski definition) is 5. The molecule has 160 valence electrons. The van der Waals surface area contributed by atoms with Crippen LogP contribution in [0.4, 0.5) is 5.69 Å². The Labute approximate surface area is 188 Å². The molecule has 0 atom stereocenters. The first-order valence-electron chi connectivity index (χ1n) is 9.68. The van der Waals surface area contributed by atoms with Crippen molar-refractivity contribution in [1.82, 2.24) is 9.13 Å². The summed E-state index contributed by atoms with van der Waals surface area (Å²) in [6, 6.07) is 24.2. The molecule has 0 aliphatic rings. The number of methoxy groups -OCH3 is 1. The average molecular weight is 446 g/mol. The summed E-state index contributed by atoms with van der Waals surface area (Å²) in [4.78, 5) is 26.5. The summed E-state index contributed by atoms with van der Waals surface area (Å²) in [6.45, 7) is 0.